The maximum absolute atomic E-state index is 10.2. The summed E-state index contributed by atoms with van der Waals surface area (Å²) < 4.78 is 2.94. The molecule has 0 aliphatic carbocycles. The quantitative estimate of drug-likeness (QED) is 0.488. The molecule has 0 aliphatic rings. The van der Waals surface area contributed by atoms with Crippen LogP contribution in [0.2, 0.25) is 0 Å². The number of phenols is 1. The molecule has 1 aromatic heterocycles. The highest BCUT2D eigenvalue weighted by Gasteiger charge is 2.14. The lowest BCUT2D eigenvalue weighted by Gasteiger charge is -2.07. The summed E-state index contributed by atoms with van der Waals surface area (Å²) in [5, 5.41) is 14.9. The molecule has 4 aromatic rings. The van der Waals surface area contributed by atoms with E-state index in [9.17, 15) is 5.11 Å². The molecule has 122 valence electrons. The van der Waals surface area contributed by atoms with Gasteiger partial charge in [-0.3, -0.25) is 0 Å². The number of benzene rings is 3. The predicted molar refractivity (Wildman–Crippen MR) is 104 cm³/mol. The van der Waals surface area contributed by atoms with E-state index in [-0.39, 0.29) is 5.75 Å². The molecule has 1 N–H and O–H groups in total. The van der Waals surface area contributed by atoms with E-state index in [1.165, 1.54) is 0 Å². The SMILES string of the molecule is Oc1ccccc1-c1cc(-c2ccc(Br)cc2)n(-c2ccccc2)n1. The molecule has 4 rings (SSSR count). The number of phenolic OH excluding ortho intramolecular Hbond substituents is 1. The average molecular weight is 391 g/mol. The van der Waals surface area contributed by atoms with Gasteiger partial charge in [0, 0.05) is 15.6 Å². The molecule has 0 saturated heterocycles. The molecule has 0 unspecified atom stereocenters. The van der Waals surface area contributed by atoms with E-state index in [2.05, 4.69) is 28.1 Å². The first-order valence-electron chi connectivity index (χ1n) is 7.92. The van der Waals surface area contributed by atoms with Gasteiger partial charge < -0.3 is 5.11 Å². The number of para-hydroxylation sites is 2. The molecule has 4 heteroatoms. The van der Waals surface area contributed by atoms with Gasteiger partial charge in [-0.25, -0.2) is 4.68 Å². The first kappa shape index (κ1) is 15.7. The zero-order chi connectivity index (χ0) is 17.2. The standard InChI is InChI=1S/C21H15BrN2O/c22-16-12-10-15(11-13-16)20-14-19(18-8-4-5-9-21(18)25)23-24(20)17-6-2-1-3-7-17/h1-14,25H. The maximum atomic E-state index is 10.2. The highest BCUT2D eigenvalue weighted by atomic mass is 79.9. The fraction of sp³-hybridized carbons (Fsp3) is 0. The number of rotatable bonds is 3. The number of nitrogens with zero attached hydrogens (tertiary/aromatic N) is 2. The zero-order valence-electron chi connectivity index (χ0n) is 13.3. The summed E-state index contributed by atoms with van der Waals surface area (Å²) in [6.07, 6.45) is 0. The van der Waals surface area contributed by atoms with Gasteiger partial charge in [-0.1, -0.05) is 58.4 Å². The molecule has 0 amide bonds. The Morgan fingerprint density at radius 3 is 2.20 bits per heavy atom. The topological polar surface area (TPSA) is 38.0 Å². The third-order valence-electron chi connectivity index (χ3n) is 4.03. The second-order valence-electron chi connectivity index (χ2n) is 5.69. The third kappa shape index (κ3) is 3.08. The van der Waals surface area contributed by atoms with Crippen molar-refractivity contribution < 1.29 is 5.11 Å². The summed E-state index contributed by atoms with van der Waals surface area (Å²) in [6.45, 7) is 0. The monoisotopic (exact) mass is 390 g/mol. The van der Waals surface area contributed by atoms with Crippen LogP contribution in [-0.2, 0) is 0 Å². The van der Waals surface area contributed by atoms with Crippen molar-refractivity contribution in [1.82, 2.24) is 9.78 Å². The van der Waals surface area contributed by atoms with Crippen LogP contribution in [0.25, 0.3) is 28.2 Å². The normalized spacial score (nSPS) is 10.8. The lowest BCUT2D eigenvalue weighted by Crippen LogP contribution is -1.98. The number of hydrogen-bond donors (Lipinski definition) is 1. The van der Waals surface area contributed by atoms with E-state index in [1.54, 1.807) is 6.07 Å². The summed E-state index contributed by atoms with van der Waals surface area (Å²) in [4.78, 5) is 0. The van der Waals surface area contributed by atoms with Crippen LogP contribution in [0.5, 0.6) is 5.75 Å². The van der Waals surface area contributed by atoms with Gasteiger partial charge in [0.2, 0.25) is 0 Å². The van der Waals surface area contributed by atoms with Crippen LogP contribution in [0, 0.1) is 0 Å². The Bertz CT molecular complexity index is 1010. The first-order valence-corrected chi connectivity index (χ1v) is 8.71. The molecule has 0 radical (unpaired) electrons. The lowest BCUT2D eigenvalue weighted by molar-refractivity contribution is 0.477. The lowest BCUT2D eigenvalue weighted by atomic mass is 10.1. The Labute approximate surface area is 154 Å². The Morgan fingerprint density at radius 1 is 0.800 bits per heavy atom. The Balaban J connectivity index is 1.92. The molecular formula is C21H15BrN2O. The fourth-order valence-electron chi connectivity index (χ4n) is 2.80. The fourth-order valence-corrected chi connectivity index (χ4v) is 3.06. The highest BCUT2D eigenvalue weighted by Crippen LogP contribution is 2.33. The van der Waals surface area contributed by atoms with E-state index in [0.717, 1.165) is 32.7 Å². The molecule has 0 aliphatic heterocycles. The molecule has 3 nitrogen and oxygen atoms in total. The van der Waals surface area contributed by atoms with E-state index < -0.39 is 0 Å². The van der Waals surface area contributed by atoms with Crippen LogP contribution in [0.15, 0.2) is 89.4 Å². The Kier molecular flexibility index (Phi) is 4.12. The summed E-state index contributed by atoms with van der Waals surface area (Å²) in [5.74, 6) is 0.225. The molecule has 0 bridgehead atoms. The Morgan fingerprint density at radius 2 is 1.48 bits per heavy atom. The van der Waals surface area contributed by atoms with Crippen LogP contribution >= 0.6 is 15.9 Å². The van der Waals surface area contributed by atoms with Gasteiger partial charge in [0.1, 0.15) is 5.75 Å². The summed E-state index contributed by atoms with van der Waals surface area (Å²) in [6, 6.07) is 27.4. The molecular weight excluding hydrogens is 376 g/mol. The average Bonchev–Trinajstić information content (AvgIpc) is 3.08. The van der Waals surface area contributed by atoms with Crippen LogP contribution < -0.4 is 0 Å². The summed E-state index contributed by atoms with van der Waals surface area (Å²) in [5.41, 5.74) is 4.45. The maximum Gasteiger partial charge on any atom is 0.125 e. The smallest absolute Gasteiger partial charge is 0.125 e. The largest absolute Gasteiger partial charge is 0.507 e. The molecule has 25 heavy (non-hydrogen) atoms. The van der Waals surface area contributed by atoms with Crippen molar-refractivity contribution in [2.24, 2.45) is 0 Å². The predicted octanol–water partition coefficient (Wildman–Crippen LogP) is 5.67. The Hall–Kier alpha value is -2.85. The van der Waals surface area contributed by atoms with Crippen LogP contribution in [0.4, 0.5) is 0 Å². The van der Waals surface area contributed by atoms with E-state index in [0.29, 0.717) is 0 Å². The van der Waals surface area contributed by atoms with E-state index >= 15 is 0 Å². The second-order valence-corrected chi connectivity index (χ2v) is 6.60. The van der Waals surface area contributed by atoms with Gasteiger partial charge in [-0.2, -0.15) is 5.10 Å². The minimum atomic E-state index is 0.225. The summed E-state index contributed by atoms with van der Waals surface area (Å²) in [7, 11) is 0. The third-order valence-corrected chi connectivity index (χ3v) is 4.56. The van der Waals surface area contributed by atoms with Crippen molar-refractivity contribution in [1.29, 1.82) is 0 Å². The van der Waals surface area contributed by atoms with Gasteiger partial charge in [0.05, 0.1) is 17.1 Å². The number of halogens is 1. The first-order chi connectivity index (χ1) is 12.2. The van der Waals surface area contributed by atoms with Crippen LogP contribution in [-0.4, -0.2) is 14.9 Å². The molecule has 0 spiro atoms. The number of aromatic hydroxyl groups is 1. The molecule has 0 fully saturated rings. The minimum Gasteiger partial charge on any atom is -0.507 e. The molecule has 0 atom stereocenters. The van der Waals surface area contributed by atoms with Gasteiger partial charge in [0.15, 0.2) is 0 Å². The van der Waals surface area contributed by atoms with Gasteiger partial charge in [0.25, 0.3) is 0 Å². The minimum absolute atomic E-state index is 0.225. The highest BCUT2D eigenvalue weighted by molar-refractivity contribution is 9.10. The summed E-state index contributed by atoms with van der Waals surface area (Å²) >= 11 is 3.48. The van der Waals surface area contributed by atoms with Crippen molar-refractivity contribution in [3.05, 3.63) is 89.4 Å². The van der Waals surface area contributed by atoms with E-state index in [4.69, 9.17) is 5.10 Å². The number of hydrogen-bond acceptors (Lipinski definition) is 2. The molecule has 1 heterocycles. The van der Waals surface area contributed by atoms with Crippen molar-refractivity contribution >= 4 is 15.9 Å². The molecule has 0 saturated carbocycles. The zero-order valence-corrected chi connectivity index (χ0v) is 14.9. The van der Waals surface area contributed by atoms with Gasteiger partial charge in [-0.05, 0) is 42.5 Å². The second kappa shape index (κ2) is 6.57. The van der Waals surface area contributed by atoms with E-state index in [1.807, 2.05) is 71.4 Å². The molecule has 3 aromatic carbocycles. The van der Waals surface area contributed by atoms with Crippen molar-refractivity contribution in [3.63, 3.8) is 0 Å². The van der Waals surface area contributed by atoms with Crippen molar-refractivity contribution in [3.8, 4) is 34.0 Å². The van der Waals surface area contributed by atoms with Crippen molar-refractivity contribution in [2.75, 3.05) is 0 Å². The van der Waals surface area contributed by atoms with Gasteiger partial charge in [-0.15, -0.1) is 0 Å². The van der Waals surface area contributed by atoms with Crippen molar-refractivity contribution in [2.45, 2.75) is 0 Å². The van der Waals surface area contributed by atoms with Crippen LogP contribution in [0.3, 0.4) is 0 Å². The number of aromatic nitrogens is 2. The van der Waals surface area contributed by atoms with Crippen LogP contribution in [0.1, 0.15) is 0 Å². The van der Waals surface area contributed by atoms with Gasteiger partial charge >= 0.3 is 0 Å².